The normalized spacial score (nSPS) is 14.2. The van der Waals surface area contributed by atoms with Gasteiger partial charge in [-0.3, -0.25) is 0 Å². The van der Waals surface area contributed by atoms with Gasteiger partial charge in [-0.15, -0.1) is 23.1 Å². The lowest BCUT2D eigenvalue weighted by molar-refractivity contribution is -0.132. The number of rotatable bonds is 8. The third kappa shape index (κ3) is 5.00. The molecule has 5 heteroatoms. The molecule has 0 atom stereocenters. The maximum atomic E-state index is 11.6. The van der Waals surface area contributed by atoms with Crippen molar-refractivity contribution >= 4 is 29.1 Å². The van der Waals surface area contributed by atoms with Gasteiger partial charge >= 0.3 is 5.97 Å². The Kier molecular flexibility index (Phi) is 6.36. The van der Waals surface area contributed by atoms with E-state index >= 15 is 0 Å². The van der Waals surface area contributed by atoms with Crippen LogP contribution in [0.3, 0.4) is 0 Å². The second-order valence-electron chi connectivity index (χ2n) is 5.82. The van der Waals surface area contributed by atoms with Gasteiger partial charge in [0.15, 0.2) is 0 Å². The Morgan fingerprint density at radius 3 is 2.76 bits per heavy atom. The number of carbonyl (C=O) groups is 1. The van der Waals surface area contributed by atoms with E-state index in [9.17, 15) is 9.90 Å². The Morgan fingerprint density at radius 1 is 1.20 bits per heavy atom. The molecule has 0 saturated carbocycles. The predicted octanol–water partition coefficient (Wildman–Crippen LogP) is 4.78. The lowest BCUT2D eigenvalue weighted by Crippen LogP contribution is -2.26. The molecule has 0 spiro atoms. The molecule has 0 saturated heterocycles. The molecule has 0 radical (unpaired) electrons. The largest absolute Gasteiger partial charge is 0.478 e. The summed E-state index contributed by atoms with van der Waals surface area (Å²) in [7, 11) is 0. The van der Waals surface area contributed by atoms with E-state index in [1.54, 1.807) is 29.2 Å². The summed E-state index contributed by atoms with van der Waals surface area (Å²) >= 11 is 3.37. The van der Waals surface area contributed by atoms with E-state index in [1.807, 2.05) is 18.2 Å². The Morgan fingerprint density at radius 2 is 2.04 bits per heavy atom. The zero-order chi connectivity index (χ0) is 17.5. The van der Waals surface area contributed by atoms with Crippen molar-refractivity contribution in [2.75, 3.05) is 12.3 Å². The number of carboxylic acid groups (broad SMARTS) is 1. The third-order valence-electron chi connectivity index (χ3n) is 3.98. The molecular formula is C20H21NO2S2. The van der Waals surface area contributed by atoms with Crippen LogP contribution in [0, 0.1) is 0 Å². The fourth-order valence-corrected chi connectivity index (χ4v) is 4.60. The SMILES string of the molecule is O=C(O)C1=C(SCCCc2ccccc2)N(Cc2cccs2)CC=C1. The first kappa shape index (κ1) is 17.8. The first-order chi connectivity index (χ1) is 12.2. The van der Waals surface area contributed by atoms with E-state index in [1.165, 1.54) is 10.4 Å². The maximum absolute atomic E-state index is 11.6. The number of benzene rings is 1. The lowest BCUT2D eigenvalue weighted by atomic mass is 10.1. The van der Waals surface area contributed by atoms with Crippen molar-refractivity contribution in [3.8, 4) is 0 Å². The maximum Gasteiger partial charge on any atom is 0.338 e. The first-order valence-electron chi connectivity index (χ1n) is 8.32. The van der Waals surface area contributed by atoms with E-state index < -0.39 is 5.97 Å². The molecule has 0 aliphatic carbocycles. The van der Waals surface area contributed by atoms with Crippen LogP contribution in [-0.4, -0.2) is 28.3 Å². The number of thiophene rings is 1. The van der Waals surface area contributed by atoms with Gasteiger partial charge in [0.05, 0.1) is 17.1 Å². The van der Waals surface area contributed by atoms with E-state index in [4.69, 9.17) is 0 Å². The van der Waals surface area contributed by atoms with Gasteiger partial charge in [-0.1, -0.05) is 42.5 Å². The zero-order valence-corrected chi connectivity index (χ0v) is 15.6. The summed E-state index contributed by atoms with van der Waals surface area (Å²) in [5.41, 5.74) is 1.74. The third-order valence-corrected chi connectivity index (χ3v) is 6.08. The molecule has 0 amide bonds. The van der Waals surface area contributed by atoms with E-state index in [0.717, 1.165) is 36.7 Å². The molecule has 1 aliphatic rings. The van der Waals surface area contributed by atoms with E-state index in [2.05, 4.69) is 40.6 Å². The molecule has 0 fully saturated rings. The van der Waals surface area contributed by atoms with Crippen LogP contribution in [-0.2, 0) is 17.8 Å². The molecule has 1 aromatic heterocycles. The first-order valence-corrected chi connectivity index (χ1v) is 10.2. The summed E-state index contributed by atoms with van der Waals surface area (Å²) in [4.78, 5) is 15.0. The molecule has 1 N–H and O–H groups in total. The number of nitrogens with zero attached hydrogens (tertiary/aromatic N) is 1. The van der Waals surface area contributed by atoms with Crippen molar-refractivity contribution in [1.82, 2.24) is 4.90 Å². The van der Waals surface area contributed by atoms with Gasteiger partial charge in [0.1, 0.15) is 0 Å². The van der Waals surface area contributed by atoms with Crippen LogP contribution in [0.1, 0.15) is 16.9 Å². The lowest BCUT2D eigenvalue weighted by Gasteiger charge is -2.29. The number of thioether (sulfide) groups is 1. The van der Waals surface area contributed by atoms with Crippen LogP contribution in [0.25, 0.3) is 0 Å². The number of hydrogen-bond acceptors (Lipinski definition) is 4. The van der Waals surface area contributed by atoms with Crippen molar-refractivity contribution in [1.29, 1.82) is 0 Å². The average Bonchev–Trinajstić information content (AvgIpc) is 3.13. The van der Waals surface area contributed by atoms with Crippen molar-refractivity contribution < 1.29 is 9.90 Å². The summed E-state index contributed by atoms with van der Waals surface area (Å²) in [6.45, 7) is 1.52. The highest BCUT2D eigenvalue weighted by Gasteiger charge is 2.21. The number of carboxylic acids is 1. The molecule has 3 rings (SSSR count). The Balaban J connectivity index is 1.64. The van der Waals surface area contributed by atoms with Crippen LogP contribution in [0.4, 0.5) is 0 Å². The fraction of sp³-hybridized carbons (Fsp3) is 0.250. The van der Waals surface area contributed by atoms with Crippen LogP contribution in [0.15, 0.2) is 70.6 Å². The number of hydrogen-bond donors (Lipinski definition) is 1. The van der Waals surface area contributed by atoms with Gasteiger partial charge < -0.3 is 10.0 Å². The molecule has 130 valence electrons. The van der Waals surface area contributed by atoms with Crippen LogP contribution in [0.2, 0.25) is 0 Å². The van der Waals surface area contributed by atoms with Crippen molar-refractivity contribution in [2.45, 2.75) is 19.4 Å². The fourth-order valence-electron chi connectivity index (χ4n) is 2.77. The Hall–Kier alpha value is -1.98. The molecule has 1 aromatic carbocycles. The molecule has 3 nitrogen and oxygen atoms in total. The standard InChI is InChI=1S/C20H21NO2S2/c22-20(23)18-11-4-12-21(15-17-10-6-13-24-17)19(18)25-14-5-9-16-7-2-1-3-8-16/h1-4,6-8,10-11,13H,5,9,12,14-15H2,(H,22,23). The molecular weight excluding hydrogens is 350 g/mol. The van der Waals surface area contributed by atoms with Crippen molar-refractivity contribution in [3.05, 3.63) is 81.0 Å². The monoisotopic (exact) mass is 371 g/mol. The molecule has 0 unspecified atom stereocenters. The molecule has 2 heterocycles. The Bertz CT molecular complexity index is 751. The van der Waals surface area contributed by atoms with Gasteiger partial charge in [-0.05, 0) is 41.7 Å². The number of aryl methyl sites for hydroxylation is 1. The van der Waals surface area contributed by atoms with E-state index in [-0.39, 0.29) is 0 Å². The molecule has 1 aliphatic heterocycles. The van der Waals surface area contributed by atoms with Gasteiger partial charge in [-0.25, -0.2) is 4.79 Å². The van der Waals surface area contributed by atoms with Crippen LogP contribution >= 0.6 is 23.1 Å². The van der Waals surface area contributed by atoms with E-state index in [0.29, 0.717) is 5.57 Å². The second-order valence-corrected chi connectivity index (χ2v) is 7.94. The minimum atomic E-state index is -0.849. The van der Waals surface area contributed by atoms with Crippen molar-refractivity contribution in [2.24, 2.45) is 0 Å². The molecule has 25 heavy (non-hydrogen) atoms. The average molecular weight is 372 g/mol. The van der Waals surface area contributed by atoms with Gasteiger partial charge in [0, 0.05) is 11.4 Å². The second kappa shape index (κ2) is 8.92. The summed E-state index contributed by atoms with van der Waals surface area (Å²) in [5, 5.41) is 12.5. The minimum Gasteiger partial charge on any atom is -0.478 e. The topological polar surface area (TPSA) is 40.5 Å². The molecule has 0 bridgehead atoms. The van der Waals surface area contributed by atoms with Crippen molar-refractivity contribution in [3.63, 3.8) is 0 Å². The van der Waals surface area contributed by atoms with Crippen LogP contribution < -0.4 is 0 Å². The van der Waals surface area contributed by atoms with Gasteiger partial charge in [0.25, 0.3) is 0 Å². The summed E-state index contributed by atoms with van der Waals surface area (Å²) in [6, 6.07) is 14.6. The van der Waals surface area contributed by atoms with Gasteiger partial charge in [0.2, 0.25) is 0 Å². The molecule has 2 aromatic rings. The quantitative estimate of drug-likeness (QED) is 0.678. The van der Waals surface area contributed by atoms with Gasteiger partial charge in [-0.2, -0.15) is 0 Å². The highest BCUT2D eigenvalue weighted by molar-refractivity contribution is 8.03. The highest BCUT2D eigenvalue weighted by atomic mass is 32.2. The summed E-state index contributed by atoms with van der Waals surface area (Å²) in [5.74, 6) is 0.0631. The minimum absolute atomic E-state index is 0.410. The van der Waals surface area contributed by atoms with Crippen LogP contribution in [0.5, 0.6) is 0 Å². The Labute approximate surface area is 156 Å². The summed E-state index contributed by atoms with van der Waals surface area (Å²) < 4.78 is 0. The highest BCUT2D eigenvalue weighted by Crippen LogP contribution is 2.31. The zero-order valence-electron chi connectivity index (χ0n) is 13.9. The summed E-state index contributed by atoms with van der Waals surface area (Å²) in [6.07, 6.45) is 5.73. The smallest absolute Gasteiger partial charge is 0.338 e. The predicted molar refractivity (Wildman–Crippen MR) is 106 cm³/mol. The number of aliphatic carboxylic acids is 1.